The molecule has 1 aromatic carbocycles. The molecule has 0 saturated carbocycles. The lowest BCUT2D eigenvalue weighted by Crippen LogP contribution is -2.37. The first-order valence-corrected chi connectivity index (χ1v) is 9.49. The van der Waals surface area contributed by atoms with Gasteiger partial charge in [0.1, 0.15) is 5.82 Å². The van der Waals surface area contributed by atoms with E-state index in [9.17, 15) is 14.4 Å². The highest BCUT2D eigenvalue weighted by Crippen LogP contribution is 2.30. The Kier molecular flexibility index (Phi) is 4.62. The van der Waals surface area contributed by atoms with Crippen molar-refractivity contribution in [3.8, 4) is 0 Å². The Labute approximate surface area is 162 Å². The summed E-state index contributed by atoms with van der Waals surface area (Å²) in [6.07, 6.45) is 1.99. The molecule has 1 saturated heterocycles. The lowest BCUT2D eigenvalue weighted by molar-refractivity contribution is -0.123. The molecule has 2 aliphatic rings. The van der Waals surface area contributed by atoms with E-state index in [2.05, 4.69) is 20.6 Å². The van der Waals surface area contributed by atoms with Crippen LogP contribution in [-0.2, 0) is 9.59 Å². The van der Waals surface area contributed by atoms with Crippen LogP contribution in [0.3, 0.4) is 0 Å². The number of H-pyrrole nitrogens is 1. The van der Waals surface area contributed by atoms with Crippen LogP contribution in [0.15, 0.2) is 23.0 Å². The molecular weight excluding hydrogens is 358 g/mol. The van der Waals surface area contributed by atoms with Crippen LogP contribution in [0.5, 0.6) is 0 Å². The van der Waals surface area contributed by atoms with Gasteiger partial charge in [-0.05, 0) is 49.9 Å². The molecule has 2 amide bonds. The van der Waals surface area contributed by atoms with Crippen LogP contribution in [0.1, 0.15) is 41.9 Å². The van der Waals surface area contributed by atoms with Crippen molar-refractivity contribution in [1.29, 1.82) is 0 Å². The molecule has 28 heavy (non-hydrogen) atoms. The number of carbonyl (C=O) groups excluding carboxylic acids is 2. The summed E-state index contributed by atoms with van der Waals surface area (Å²) in [5.74, 6) is -0.964. The van der Waals surface area contributed by atoms with Gasteiger partial charge in [-0.15, -0.1) is 0 Å². The number of fused-ring (bicyclic) bond motifs is 1. The van der Waals surface area contributed by atoms with Gasteiger partial charge < -0.3 is 15.5 Å². The van der Waals surface area contributed by atoms with Gasteiger partial charge in [-0.2, -0.15) is 4.98 Å². The fraction of sp³-hybridized carbons (Fsp3) is 0.400. The number of aromatic amines is 1. The molecule has 1 aromatic heterocycles. The Morgan fingerprint density at radius 2 is 1.82 bits per heavy atom. The average molecular weight is 381 g/mol. The predicted octanol–water partition coefficient (Wildman–Crippen LogP) is 2.05. The molecule has 1 fully saturated rings. The van der Waals surface area contributed by atoms with E-state index in [1.54, 1.807) is 0 Å². The number of rotatable bonds is 3. The third-order valence-electron chi connectivity index (χ3n) is 5.15. The Bertz CT molecular complexity index is 987. The highest BCUT2D eigenvalue weighted by molar-refractivity contribution is 6.04. The second-order valence-corrected chi connectivity index (χ2v) is 7.52. The Hall–Kier alpha value is -3.16. The molecule has 8 nitrogen and oxygen atoms in total. The standard InChI is InChI=1S/C20H23N5O3/c1-11-7-12(2)9-13(8-11)21-18(27)14-10-15(26)22-17-16(14)19(28)24-20(23-17)25-5-3-4-6-25/h7-9,14H,3-6,10H2,1-2H3,(H,21,27)(H2,22,23,24,26,28)/t14-/m0/s1. The van der Waals surface area contributed by atoms with Gasteiger partial charge in [-0.1, -0.05) is 6.07 Å². The van der Waals surface area contributed by atoms with Crippen molar-refractivity contribution in [2.45, 2.75) is 39.0 Å². The smallest absolute Gasteiger partial charge is 0.258 e. The lowest BCUT2D eigenvalue weighted by Gasteiger charge is -2.25. The molecule has 4 rings (SSSR count). The van der Waals surface area contributed by atoms with Gasteiger partial charge in [-0.3, -0.25) is 19.4 Å². The van der Waals surface area contributed by atoms with Gasteiger partial charge in [0.15, 0.2) is 0 Å². The fourth-order valence-electron chi connectivity index (χ4n) is 3.94. The van der Waals surface area contributed by atoms with Gasteiger partial charge in [-0.25, -0.2) is 0 Å². The van der Waals surface area contributed by atoms with Crippen LogP contribution < -0.4 is 21.1 Å². The Morgan fingerprint density at radius 3 is 2.50 bits per heavy atom. The van der Waals surface area contributed by atoms with Gasteiger partial charge in [0.2, 0.25) is 17.8 Å². The molecule has 0 radical (unpaired) electrons. The van der Waals surface area contributed by atoms with Crippen molar-refractivity contribution in [3.63, 3.8) is 0 Å². The third kappa shape index (κ3) is 3.49. The van der Waals surface area contributed by atoms with E-state index in [1.165, 1.54) is 0 Å². The molecule has 0 spiro atoms. The average Bonchev–Trinajstić information content (AvgIpc) is 3.14. The van der Waals surface area contributed by atoms with Crippen LogP contribution in [0.2, 0.25) is 0 Å². The maximum absolute atomic E-state index is 12.9. The van der Waals surface area contributed by atoms with E-state index < -0.39 is 5.92 Å². The van der Waals surface area contributed by atoms with Crippen molar-refractivity contribution in [1.82, 2.24) is 9.97 Å². The van der Waals surface area contributed by atoms with Crippen LogP contribution in [0.4, 0.5) is 17.5 Å². The summed E-state index contributed by atoms with van der Waals surface area (Å²) in [4.78, 5) is 47.1. The number of hydrogen-bond donors (Lipinski definition) is 3. The van der Waals surface area contributed by atoms with E-state index in [0.29, 0.717) is 11.6 Å². The Balaban J connectivity index is 1.66. The summed E-state index contributed by atoms with van der Waals surface area (Å²) >= 11 is 0. The summed E-state index contributed by atoms with van der Waals surface area (Å²) < 4.78 is 0. The zero-order valence-corrected chi connectivity index (χ0v) is 16.0. The van der Waals surface area contributed by atoms with Crippen LogP contribution >= 0.6 is 0 Å². The van der Waals surface area contributed by atoms with Crippen molar-refractivity contribution in [3.05, 3.63) is 45.2 Å². The largest absolute Gasteiger partial charge is 0.342 e. The second kappa shape index (κ2) is 7.10. The number of aryl methyl sites for hydroxylation is 2. The number of amides is 2. The van der Waals surface area contributed by atoms with E-state index in [0.717, 1.165) is 37.1 Å². The normalized spacial score (nSPS) is 18.6. The monoisotopic (exact) mass is 381 g/mol. The number of benzene rings is 1. The van der Waals surface area contributed by atoms with E-state index in [1.807, 2.05) is 36.9 Å². The van der Waals surface area contributed by atoms with Gasteiger partial charge in [0.05, 0.1) is 11.5 Å². The van der Waals surface area contributed by atoms with Crippen LogP contribution in [-0.4, -0.2) is 34.9 Å². The van der Waals surface area contributed by atoms with E-state index in [4.69, 9.17) is 0 Å². The maximum Gasteiger partial charge on any atom is 0.258 e. The number of anilines is 3. The number of nitrogens with zero attached hydrogens (tertiary/aromatic N) is 2. The molecule has 1 atom stereocenters. The first-order valence-electron chi connectivity index (χ1n) is 9.49. The molecule has 2 aromatic rings. The molecule has 0 unspecified atom stereocenters. The molecule has 3 heterocycles. The Morgan fingerprint density at radius 1 is 1.14 bits per heavy atom. The van der Waals surface area contributed by atoms with Crippen LogP contribution in [0.25, 0.3) is 0 Å². The molecule has 8 heteroatoms. The minimum absolute atomic E-state index is 0.0859. The topological polar surface area (TPSA) is 107 Å². The summed E-state index contributed by atoms with van der Waals surface area (Å²) in [7, 11) is 0. The van der Waals surface area contributed by atoms with E-state index >= 15 is 0 Å². The molecule has 146 valence electrons. The molecule has 0 aliphatic carbocycles. The highest BCUT2D eigenvalue weighted by Gasteiger charge is 2.35. The van der Waals surface area contributed by atoms with Gasteiger partial charge in [0, 0.05) is 25.2 Å². The fourth-order valence-corrected chi connectivity index (χ4v) is 3.94. The summed E-state index contributed by atoms with van der Waals surface area (Å²) in [5.41, 5.74) is 2.52. The molecule has 2 aliphatic heterocycles. The second-order valence-electron chi connectivity index (χ2n) is 7.52. The number of aromatic nitrogens is 2. The number of carbonyl (C=O) groups is 2. The van der Waals surface area contributed by atoms with Gasteiger partial charge >= 0.3 is 0 Å². The zero-order valence-electron chi connectivity index (χ0n) is 16.0. The SMILES string of the molecule is Cc1cc(C)cc(NC(=O)[C@H]2CC(=O)Nc3nc(N4CCCC4)[nH]c(=O)c32)c1. The minimum Gasteiger partial charge on any atom is -0.342 e. The zero-order chi connectivity index (χ0) is 19.8. The summed E-state index contributed by atoms with van der Waals surface area (Å²) in [6, 6.07) is 5.72. The number of nitrogens with one attached hydrogen (secondary N) is 3. The molecule has 0 bridgehead atoms. The molecule has 3 N–H and O–H groups in total. The van der Waals surface area contributed by atoms with Crippen molar-refractivity contribution in [2.75, 3.05) is 28.6 Å². The predicted molar refractivity (Wildman–Crippen MR) is 107 cm³/mol. The maximum atomic E-state index is 12.9. The van der Waals surface area contributed by atoms with Gasteiger partial charge in [0.25, 0.3) is 5.56 Å². The number of hydrogen-bond acceptors (Lipinski definition) is 5. The summed E-state index contributed by atoms with van der Waals surface area (Å²) in [5, 5.41) is 5.50. The minimum atomic E-state index is -0.881. The summed E-state index contributed by atoms with van der Waals surface area (Å²) in [6.45, 7) is 5.51. The quantitative estimate of drug-likeness (QED) is 0.754. The highest BCUT2D eigenvalue weighted by atomic mass is 16.2. The lowest BCUT2D eigenvalue weighted by atomic mass is 9.92. The van der Waals surface area contributed by atoms with E-state index in [-0.39, 0.29) is 35.2 Å². The van der Waals surface area contributed by atoms with Crippen LogP contribution in [0, 0.1) is 13.8 Å². The molecular formula is C20H23N5O3. The first-order chi connectivity index (χ1) is 13.4. The van der Waals surface area contributed by atoms with Crippen molar-refractivity contribution in [2.24, 2.45) is 0 Å². The van der Waals surface area contributed by atoms with Crippen molar-refractivity contribution < 1.29 is 9.59 Å². The first kappa shape index (κ1) is 18.2. The van der Waals surface area contributed by atoms with Crippen molar-refractivity contribution >= 4 is 29.3 Å². The third-order valence-corrected chi connectivity index (χ3v) is 5.15.